The molecule has 7 atom stereocenters. The Kier molecular flexibility index (Phi) is 5.80. The number of hydrogen-bond acceptors (Lipinski definition) is 1. The van der Waals surface area contributed by atoms with Crippen molar-refractivity contribution in [1.29, 1.82) is 0 Å². The van der Waals surface area contributed by atoms with Crippen LogP contribution in [-0.2, 0) is 0 Å². The van der Waals surface area contributed by atoms with E-state index < -0.39 is 0 Å². The maximum absolute atomic E-state index is 11.1. The number of aliphatic hydroxyl groups excluding tert-OH is 1. The van der Waals surface area contributed by atoms with Crippen LogP contribution in [0.15, 0.2) is 11.1 Å². The Hall–Kier alpha value is -0.300. The fourth-order valence-electron chi connectivity index (χ4n) is 8.54. The molecule has 0 bridgehead atoms. The normalized spacial score (nSPS) is 44.2. The third-order valence-corrected chi connectivity index (χ3v) is 10.2. The van der Waals surface area contributed by atoms with E-state index in [-0.39, 0.29) is 11.5 Å². The quantitative estimate of drug-likeness (QED) is 0.484. The highest BCUT2D eigenvalue weighted by molar-refractivity contribution is 5.35. The summed E-state index contributed by atoms with van der Waals surface area (Å²) in [7, 11) is 0. The molecule has 2 fully saturated rings. The standard InChI is InChI=1S/C27H46O/c1-18(2)8-6-9-19(3)22-14-15-23-21-13-12-20-10-7-11-25(28)27(20,5)24(21)16-17-26(22,23)4/h18-20,22-23,25,28H,6-17H2,1-5H3/t19-,20-,22-,23+,25?,26-,27+/m1/s1. The third kappa shape index (κ3) is 3.23. The van der Waals surface area contributed by atoms with Crippen LogP contribution in [0.2, 0.25) is 0 Å². The van der Waals surface area contributed by atoms with E-state index in [1.54, 1.807) is 5.57 Å². The van der Waals surface area contributed by atoms with Gasteiger partial charge in [-0.25, -0.2) is 0 Å². The molecule has 1 unspecified atom stereocenters. The molecule has 4 aliphatic carbocycles. The zero-order valence-electron chi connectivity index (χ0n) is 19.4. The second kappa shape index (κ2) is 7.75. The fraction of sp³-hybridized carbons (Fsp3) is 0.926. The summed E-state index contributed by atoms with van der Waals surface area (Å²) >= 11 is 0. The van der Waals surface area contributed by atoms with Gasteiger partial charge >= 0.3 is 0 Å². The van der Waals surface area contributed by atoms with Gasteiger partial charge in [0, 0.05) is 5.41 Å². The molecular formula is C27H46O. The Labute approximate surface area is 174 Å². The second-order valence-electron chi connectivity index (χ2n) is 12.0. The molecule has 28 heavy (non-hydrogen) atoms. The summed E-state index contributed by atoms with van der Waals surface area (Å²) in [4.78, 5) is 0. The molecule has 1 heteroatoms. The van der Waals surface area contributed by atoms with Gasteiger partial charge in [0.15, 0.2) is 0 Å². The summed E-state index contributed by atoms with van der Waals surface area (Å²) in [5, 5.41) is 11.1. The number of aliphatic hydroxyl groups is 1. The first-order chi connectivity index (χ1) is 13.3. The highest BCUT2D eigenvalue weighted by Gasteiger charge is 2.57. The first kappa shape index (κ1) is 21.0. The molecule has 0 aromatic rings. The molecule has 4 rings (SSSR count). The Morgan fingerprint density at radius 1 is 0.964 bits per heavy atom. The van der Waals surface area contributed by atoms with Crippen LogP contribution in [0.3, 0.4) is 0 Å². The zero-order chi connectivity index (χ0) is 20.1. The van der Waals surface area contributed by atoms with Crippen molar-refractivity contribution in [1.82, 2.24) is 0 Å². The third-order valence-electron chi connectivity index (χ3n) is 10.2. The van der Waals surface area contributed by atoms with Crippen LogP contribution in [0.5, 0.6) is 0 Å². The molecule has 160 valence electrons. The molecular weight excluding hydrogens is 340 g/mol. The minimum absolute atomic E-state index is 0.0898. The Bertz CT molecular complexity index is 603. The van der Waals surface area contributed by atoms with Crippen LogP contribution >= 0.6 is 0 Å². The van der Waals surface area contributed by atoms with E-state index in [0.29, 0.717) is 5.41 Å². The van der Waals surface area contributed by atoms with E-state index in [2.05, 4.69) is 34.6 Å². The lowest BCUT2D eigenvalue weighted by atomic mass is 9.50. The summed E-state index contributed by atoms with van der Waals surface area (Å²) in [6, 6.07) is 0. The van der Waals surface area contributed by atoms with Gasteiger partial charge in [-0.1, -0.05) is 71.4 Å². The molecule has 0 amide bonds. The van der Waals surface area contributed by atoms with E-state index in [9.17, 15) is 5.11 Å². The molecule has 0 heterocycles. The summed E-state index contributed by atoms with van der Waals surface area (Å²) in [6.45, 7) is 12.4. The Morgan fingerprint density at radius 2 is 1.75 bits per heavy atom. The SMILES string of the molecule is CC(C)CCC[C@@H](C)[C@H]1CC[C@H]2C3=C(CC[C@]12C)[C@@]1(C)C(O)CCC[C@@H]1CC3. The molecule has 4 aliphatic rings. The van der Waals surface area contributed by atoms with Crippen molar-refractivity contribution < 1.29 is 5.11 Å². The van der Waals surface area contributed by atoms with Gasteiger partial charge in [0.2, 0.25) is 0 Å². The van der Waals surface area contributed by atoms with Crippen LogP contribution < -0.4 is 0 Å². The lowest BCUT2D eigenvalue weighted by Crippen LogP contribution is -2.49. The molecule has 1 nitrogen and oxygen atoms in total. The van der Waals surface area contributed by atoms with Gasteiger partial charge < -0.3 is 5.11 Å². The Morgan fingerprint density at radius 3 is 2.50 bits per heavy atom. The van der Waals surface area contributed by atoms with Crippen molar-refractivity contribution in [2.75, 3.05) is 0 Å². The fourth-order valence-corrected chi connectivity index (χ4v) is 8.54. The number of allylic oxidation sites excluding steroid dienone is 1. The number of rotatable bonds is 5. The average molecular weight is 387 g/mol. The number of fused-ring (bicyclic) bond motifs is 4. The monoisotopic (exact) mass is 386 g/mol. The van der Waals surface area contributed by atoms with E-state index in [1.165, 1.54) is 70.6 Å². The maximum Gasteiger partial charge on any atom is 0.0633 e. The average Bonchev–Trinajstić information content (AvgIpc) is 3.00. The van der Waals surface area contributed by atoms with Crippen LogP contribution in [-0.4, -0.2) is 11.2 Å². The zero-order valence-corrected chi connectivity index (χ0v) is 19.4. The van der Waals surface area contributed by atoms with Gasteiger partial charge in [0.25, 0.3) is 0 Å². The maximum atomic E-state index is 11.1. The predicted molar refractivity (Wildman–Crippen MR) is 119 cm³/mol. The van der Waals surface area contributed by atoms with Crippen LogP contribution in [0.4, 0.5) is 0 Å². The lowest BCUT2D eigenvalue weighted by molar-refractivity contribution is -0.0364. The predicted octanol–water partition coefficient (Wildman–Crippen LogP) is 7.53. The van der Waals surface area contributed by atoms with Crippen LogP contribution in [0.1, 0.15) is 112 Å². The topological polar surface area (TPSA) is 20.2 Å². The molecule has 0 aliphatic heterocycles. The van der Waals surface area contributed by atoms with Crippen LogP contribution in [0.25, 0.3) is 0 Å². The van der Waals surface area contributed by atoms with E-state index in [4.69, 9.17) is 0 Å². The van der Waals surface area contributed by atoms with Gasteiger partial charge in [-0.15, -0.1) is 0 Å². The van der Waals surface area contributed by atoms with Crippen molar-refractivity contribution in [2.24, 2.45) is 40.4 Å². The first-order valence-corrected chi connectivity index (χ1v) is 12.7. The molecule has 2 saturated carbocycles. The van der Waals surface area contributed by atoms with Gasteiger partial charge in [-0.2, -0.15) is 0 Å². The largest absolute Gasteiger partial charge is 0.392 e. The molecule has 0 aromatic carbocycles. The highest BCUT2D eigenvalue weighted by Crippen LogP contribution is 2.66. The van der Waals surface area contributed by atoms with Crippen molar-refractivity contribution in [3.63, 3.8) is 0 Å². The first-order valence-electron chi connectivity index (χ1n) is 12.7. The molecule has 0 aromatic heterocycles. The lowest BCUT2D eigenvalue weighted by Gasteiger charge is -2.56. The molecule has 0 saturated heterocycles. The smallest absolute Gasteiger partial charge is 0.0633 e. The molecule has 0 radical (unpaired) electrons. The minimum atomic E-state index is -0.0898. The second-order valence-corrected chi connectivity index (χ2v) is 12.0. The number of hydrogen-bond donors (Lipinski definition) is 1. The summed E-state index contributed by atoms with van der Waals surface area (Å²) < 4.78 is 0. The van der Waals surface area contributed by atoms with E-state index in [0.717, 1.165) is 36.0 Å². The van der Waals surface area contributed by atoms with Gasteiger partial charge in [0.1, 0.15) is 0 Å². The summed E-state index contributed by atoms with van der Waals surface area (Å²) in [5.41, 5.74) is 4.21. The summed E-state index contributed by atoms with van der Waals surface area (Å²) in [6.07, 6.45) is 16.0. The van der Waals surface area contributed by atoms with Gasteiger partial charge in [0.05, 0.1) is 6.10 Å². The minimum Gasteiger partial charge on any atom is -0.392 e. The van der Waals surface area contributed by atoms with E-state index >= 15 is 0 Å². The van der Waals surface area contributed by atoms with Crippen molar-refractivity contribution in [3.8, 4) is 0 Å². The van der Waals surface area contributed by atoms with Crippen LogP contribution in [0, 0.1) is 40.4 Å². The molecule has 1 N–H and O–H groups in total. The van der Waals surface area contributed by atoms with Gasteiger partial charge in [-0.3, -0.25) is 0 Å². The van der Waals surface area contributed by atoms with Gasteiger partial charge in [-0.05, 0) is 86.4 Å². The van der Waals surface area contributed by atoms with E-state index in [1.807, 2.05) is 5.57 Å². The highest BCUT2D eigenvalue weighted by atomic mass is 16.3. The van der Waals surface area contributed by atoms with Crippen molar-refractivity contribution >= 4 is 0 Å². The van der Waals surface area contributed by atoms with Crippen molar-refractivity contribution in [2.45, 2.75) is 118 Å². The summed E-state index contributed by atoms with van der Waals surface area (Å²) in [5.74, 6) is 4.20. The van der Waals surface area contributed by atoms with Crippen molar-refractivity contribution in [3.05, 3.63) is 11.1 Å². The Balaban J connectivity index is 1.55. The molecule has 0 spiro atoms.